The van der Waals surface area contributed by atoms with Gasteiger partial charge in [0.1, 0.15) is 5.82 Å². The number of benzene rings is 3. The maximum atomic E-state index is 13.6. The lowest BCUT2D eigenvalue weighted by Gasteiger charge is -2.16. The number of nitrogens with one attached hydrogen (secondary N) is 4. The summed E-state index contributed by atoms with van der Waals surface area (Å²) in [5, 5.41) is 12.3. The van der Waals surface area contributed by atoms with Crippen LogP contribution in [0, 0.1) is 5.82 Å². The van der Waals surface area contributed by atoms with Crippen LogP contribution < -0.4 is 20.9 Å². The summed E-state index contributed by atoms with van der Waals surface area (Å²) in [7, 11) is -2.21. The molecular weight excluding hydrogens is 593 g/mol. The van der Waals surface area contributed by atoms with Crippen molar-refractivity contribution in [1.82, 2.24) is 19.7 Å². The molecular formula is C32H30FN9O2S. The Morgan fingerprint density at radius 2 is 1.29 bits per heavy atom. The molecule has 0 saturated carbocycles. The van der Waals surface area contributed by atoms with Crippen LogP contribution in [0.3, 0.4) is 0 Å². The molecule has 45 heavy (non-hydrogen) atoms. The first-order valence-corrected chi connectivity index (χ1v) is 15.3. The second-order valence-electron chi connectivity index (χ2n) is 9.70. The standard InChI is InChI=1S/C32H30FN9O2S/c1-21(23-9-15-28(16-10-23)45(43,44)34-3)39-41-30-29(25-7-5-4-6-8-25)31(42-40-22(2)24-17-19-35-20-18-24)38-32(37-30)36-27-13-11-26(33)12-14-27/h4-20,34H,1-3H3,(H3,36,37,38,41,42). The molecule has 0 aliphatic rings. The molecule has 2 heterocycles. The van der Waals surface area contributed by atoms with Gasteiger partial charge in [-0.2, -0.15) is 20.2 Å². The molecule has 228 valence electrons. The molecule has 0 aliphatic carbocycles. The number of rotatable bonds is 11. The van der Waals surface area contributed by atoms with E-state index >= 15 is 0 Å². The highest BCUT2D eigenvalue weighted by molar-refractivity contribution is 7.89. The van der Waals surface area contributed by atoms with E-state index in [2.05, 4.69) is 36.1 Å². The Morgan fingerprint density at radius 1 is 0.733 bits per heavy atom. The molecule has 5 rings (SSSR count). The summed E-state index contributed by atoms with van der Waals surface area (Å²) in [6.07, 6.45) is 3.38. The van der Waals surface area contributed by atoms with Crippen molar-refractivity contribution in [3.05, 3.63) is 120 Å². The van der Waals surface area contributed by atoms with Gasteiger partial charge >= 0.3 is 0 Å². The number of anilines is 4. The minimum Gasteiger partial charge on any atom is -0.324 e. The average Bonchev–Trinajstić information content (AvgIpc) is 3.07. The van der Waals surface area contributed by atoms with Crippen molar-refractivity contribution in [3.63, 3.8) is 0 Å². The molecule has 4 N–H and O–H groups in total. The molecule has 13 heteroatoms. The van der Waals surface area contributed by atoms with Crippen LogP contribution in [0.15, 0.2) is 118 Å². The summed E-state index contributed by atoms with van der Waals surface area (Å²) in [5.41, 5.74) is 11.0. The zero-order valence-corrected chi connectivity index (χ0v) is 25.5. The van der Waals surface area contributed by atoms with Crippen LogP contribution in [-0.4, -0.2) is 41.8 Å². The van der Waals surface area contributed by atoms with Crippen LogP contribution in [-0.2, 0) is 10.0 Å². The van der Waals surface area contributed by atoms with Crippen LogP contribution in [0.25, 0.3) is 11.1 Å². The molecule has 0 spiro atoms. The molecule has 3 aromatic carbocycles. The van der Waals surface area contributed by atoms with Crippen molar-refractivity contribution in [1.29, 1.82) is 0 Å². The molecule has 0 fully saturated rings. The number of hydrogen-bond acceptors (Lipinski definition) is 10. The summed E-state index contributed by atoms with van der Waals surface area (Å²) in [6.45, 7) is 3.65. The van der Waals surface area contributed by atoms with E-state index in [1.165, 1.54) is 31.3 Å². The van der Waals surface area contributed by atoms with E-state index in [-0.39, 0.29) is 16.7 Å². The molecule has 2 aromatic heterocycles. The van der Waals surface area contributed by atoms with Gasteiger partial charge in [-0.05, 0) is 80.6 Å². The minimum absolute atomic E-state index is 0.145. The van der Waals surface area contributed by atoms with Gasteiger partial charge in [0.25, 0.3) is 0 Å². The molecule has 0 amide bonds. The van der Waals surface area contributed by atoms with Crippen LogP contribution in [0.5, 0.6) is 0 Å². The lowest BCUT2D eigenvalue weighted by Crippen LogP contribution is -2.18. The first kappa shape index (κ1) is 30.9. The Bertz CT molecular complexity index is 1940. The fourth-order valence-electron chi connectivity index (χ4n) is 4.21. The quantitative estimate of drug-likeness (QED) is 0.104. The lowest BCUT2D eigenvalue weighted by molar-refractivity contribution is 0.588. The lowest BCUT2D eigenvalue weighted by atomic mass is 10.1. The molecule has 0 saturated heterocycles. The molecule has 0 radical (unpaired) electrons. The predicted octanol–water partition coefficient (Wildman–Crippen LogP) is 6.00. The normalized spacial score (nSPS) is 12.1. The van der Waals surface area contributed by atoms with E-state index in [0.717, 1.165) is 11.1 Å². The van der Waals surface area contributed by atoms with E-state index in [1.807, 2.05) is 49.4 Å². The van der Waals surface area contributed by atoms with Crippen molar-refractivity contribution in [2.24, 2.45) is 10.2 Å². The van der Waals surface area contributed by atoms with Crippen molar-refractivity contribution >= 4 is 44.7 Å². The van der Waals surface area contributed by atoms with Crippen LogP contribution in [0.2, 0.25) is 0 Å². The van der Waals surface area contributed by atoms with Crippen molar-refractivity contribution in [2.75, 3.05) is 23.2 Å². The van der Waals surface area contributed by atoms with Gasteiger partial charge in [0.15, 0.2) is 11.6 Å². The largest absolute Gasteiger partial charge is 0.324 e. The van der Waals surface area contributed by atoms with Gasteiger partial charge in [0, 0.05) is 23.6 Å². The molecule has 0 unspecified atom stereocenters. The van der Waals surface area contributed by atoms with Crippen LogP contribution >= 0.6 is 0 Å². The fourth-order valence-corrected chi connectivity index (χ4v) is 4.94. The van der Waals surface area contributed by atoms with Gasteiger partial charge < -0.3 is 5.32 Å². The zero-order valence-electron chi connectivity index (χ0n) is 24.7. The zero-order chi connectivity index (χ0) is 31.8. The van der Waals surface area contributed by atoms with Crippen molar-refractivity contribution in [2.45, 2.75) is 18.7 Å². The maximum Gasteiger partial charge on any atom is 0.240 e. The Kier molecular flexibility index (Phi) is 9.51. The van der Waals surface area contributed by atoms with Crippen molar-refractivity contribution < 1.29 is 12.8 Å². The third-order valence-corrected chi connectivity index (χ3v) is 8.11. The van der Waals surface area contributed by atoms with Gasteiger partial charge in [-0.1, -0.05) is 42.5 Å². The summed E-state index contributed by atoms with van der Waals surface area (Å²) < 4.78 is 40.2. The van der Waals surface area contributed by atoms with Crippen LogP contribution in [0.4, 0.5) is 27.7 Å². The molecule has 0 atom stereocenters. The summed E-state index contributed by atoms with van der Waals surface area (Å²) in [5.74, 6) is 0.575. The number of aromatic nitrogens is 3. The van der Waals surface area contributed by atoms with Gasteiger partial charge in [-0.25, -0.2) is 17.5 Å². The van der Waals surface area contributed by atoms with Crippen molar-refractivity contribution in [3.8, 4) is 11.1 Å². The van der Waals surface area contributed by atoms with E-state index < -0.39 is 10.0 Å². The molecule has 0 bridgehead atoms. The Morgan fingerprint density at radius 3 is 1.84 bits per heavy atom. The summed E-state index contributed by atoms with van der Waals surface area (Å²) in [4.78, 5) is 13.6. The highest BCUT2D eigenvalue weighted by atomic mass is 32.2. The second kappa shape index (κ2) is 13.8. The number of pyridine rings is 1. The van der Waals surface area contributed by atoms with E-state index in [0.29, 0.717) is 39.9 Å². The molecule has 11 nitrogen and oxygen atoms in total. The minimum atomic E-state index is -3.57. The number of sulfonamides is 1. The number of halogens is 1. The number of hydrogen-bond donors (Lipinski definition) is 4. The third-order valence-electron chi connectivity index (χ3n) is 6.68. The van der Waals surface area contributed by atoms with E-state index in [4.69, 9.17) is 9.97 Å². The van der Waals surface area contributed by atoms with Crippen LogP contribution in [0.1, 0.15) is 25.0 Å². The van der Waals surface area contributed by atoms with Gasteiger partial charge in [-0.15, -0.1) is 0 Å². The summed E-state index contributed by atoms with van der Waals surface area (Å²) in [6, 6.07) is 25.4. The highest BCUT2D eigenvalue weighted by Gasteiger charge is 2.18. The number of nitrogens with zero attached hydrogens (tertiary/aromatic N) is 5. The SMILES string of the molecule is CNS(=O)(=O)c1ccc(C(C)=NNc2nc(Nc3ccc(F)cc3)nc(NN=C(C)c3ccncc3)c2-c2ccccc2)cc1. The highest BCUT2D eigenvalue weighted by Crippen LogP contribution is 2.35. The second-order valence-corrected chi connectivity index (χ2v) is 11.6. The first-order valence-electron chi connectivity index (χ1n) is 13.8. The monoisotopic (exact) mass is 623 g/mol. The average molecular weight is 624 g/mol. The Labute approximate surface area is 260 Å². The first-order chi connectivity index (χ1) is 21.7. The third kappa shape index (κ3) is 7.71. The Balaban J connectivity index is 1.57. The molecule has 0 aliphatic heterocycles. The number of hydrazone groups is 2. The topological polar surface area (TPSA) is 146 Å². The van der Waals surface area contributed by atoms with Gasteiger partial charge in [-0.3, -0.25) is 15.8 Å². The van der Waals surface area contributed by atoms with Gasteiger partial charge in [0.2, 0.25) is 16.0 Å². The van der Waals surface area contributed by atoms with E-state index in [1.54, 1.807) is 43.6 Å². The predicted molar refractivity (Wildman–Crippen MR) is 176 cm³/mol. The Hall–Kier alpha value is -5.53. The molecule has 5 aromatic rings. The maximum absolute atomic E-state index is 13.6. The van der Waals surface area contributed by atoms with Gasteiger partial charge in [0.05, 0.1) is 21.9 Å². The van der Waals surface area contributed by atoms with E-state index in [9.17, 15) is 12.8 Å². The smallest absolute Gasteiger partial charge is 0.240 e. The fraction of sp³-hybridized carbons (Fsp3) is 0.0938. The summed E-state index contributed by atoms with van der Waals surface area (Å²) >= 11 is 0.